The Morgan fingerprint density at radius 3 is 2.46 bits per heavy atom. The van der Waals surface area contributed by atoms with Gasteiger partial charge in [-0.05, 0) is 6.42 Å². The zero-order valence-corrected chi connectivity index (χ0v) is 8.46. The molecule has 3 nitrogen and oxygen atoms in total. The molecule has 0 aliphatic heterocycles. The van der Waals surface area contributed by atoms with Crippen molar-refractivity contribution in [3.05, 3.63) is 0 Å². The molecule has 0 aromatic carbocycles. The molecule has 1 atom stereocenters. The fourth-order valence-corrected chi connectivity index (χ4v) is 1.19. The average molecular weight is 187 g/mol. The van der Waals surface area contributed by atoms with E-state index >= 15 is 0 Å². The van der Waals surface area contributed by atoms with E-state index in [4.69, 9.17) is 10.8 Å². The second-order valence-electron chi connectivity index (χ2n) is 3.42. The summed E-state index contributed by atoms with van der Waals surface area (Å²) in [7, 11) is 0. The number of nitrogens with two attached hydrogens (primary N) is 1. The number of unbranched alkanes of at least 4 members (excludes halogenated alkanes) is 4. The first-order chi connectivity index (χ1) is 6.22. The lowest BCUT2D eigenvalue weighted by atomic mass is 10.1. The van der Waals surface area contributed by atoms with Crippen molar-refractivity contribution in [1.29, 1.82) is 0 Å². The molecule has 1 unspecified atom stereocenters. The highest BCUT2D eigenvalue weighted by Gasteiger charge is 2.10. The van der Waals surface area contributed by atoms with Crippen molar-refractivity contribution in [2.24, 2.45) is 5.73 Å². The topological polar surface area (TPSA) is 63.3 Å². The minimum atomic E-state index is -0.661. The molecule has 0 saturated carbocycles. The lowest BCUT2D eigenvalue weighted by Gasteiger charge is -2.05. The number of hydrogen-bond acceptors (Lipinski definition) is 3. The van der Waals surface area contributed by atoms with Gasteiger partial charge in [-0.3, -0.25) is 4.79 Å². The van der Waals surface area contributed by atoms with Crippen LogP contribution in [0.2, 0.25) is 0 Å². The van der Waals surface area contributed by atoms with E-state index in [1.807, 2.05) is 0 Å². The molecule has 0 aromatic rings. The van der Waals surface area contributed by atoms with E-state index in [0.717, 1.165) is 12.8 Å². The largest absolute Gasteiger partial charge is 0.394 e. The molecule has 3 N–H and O–H groups in total. The molecular formula is C10H21NO2. The summed E-state index contributed by atoms with van der Waals surface area (Å²) in [6.45, 7) is 1.93. The minimum absolute atomic E-state index is 0.0148. The van der Waals surface area contributed by atoms with Gasteiger partial charge in [0.05, 0.1) is 12.6 Å². The summed E-state index contributed by atoms with van der Waals surface area (Å²) in [5, 5.41) is 8.60. The van der Waals surface area contributed by atoms with E-state index in [-0.39, 0.29) is 12.4 Å². The highest BCUT2D eigenvalue weighted by molar-refractivity contribution is 5.83. The van der Waals surface area contributed by atoms with Crippen LogP contribution in [0.15, 0.2) is 0 Å². The molecule has 0 radical (unpaired) electrons. The number of ketones is 1. The van der Waals surface area contributed by atoms with Crippen molar-refractivity contribution in [3.63, 3.8) is 0 Å². The summed E-state index contributed by atoms with van der Waals surface area (Å²) in [4.78, 5) is 11.1. The standard InChI is InChI=1S/C10H21NO2/c1-2-3-4-5-6-7-10(13)9(11)8-12/h9,12H,2-8,11H2,1H3. The number of aliphatic hydroxyl groups excluding tert-OH is 1. The van der Waals surface area contributed by atoms with Gasteiger partial charge in [-0.1, -0.05) is 32.6 Å². The molecule has 13 heavy (non-hydrogen) atoms. The third-order valence-electron chi connectivity index (χ3n) is 2.14. The predicted molar refractivity (Wildman–Crippen MR) is 53.4 cm³/mol. The second kappa shape index (κ2) is 8.20. The third kappa shape index (κ3) is 6.72. The SMILES string of the molecule is CCCCCCCC(=O)C(N)CO. The van der Waals surface area contributed by atoms with Crippen LogP contribution in [0.4, 0.5) is 0 Å². The first kappa shape index (κ1) is 12.6. The summed E-state index contributed by atoms with van der Waals surface area (Å²) in [6.07, 6.45) is 6.16. The maximum atomic E-state index is 11.1. The third-order valence-corrected chi connectivity index (χ3v) is 2.14. The van der Waals surface area contributed by atoms with Crippen molar-refractivity contribution in [1.82, 2.24) is 0 Å². The normalized spacial score (nSPS) is 12.8. The average Bonchev–Trinajstić information content (AvgIpc) is 2.16. The molecule has 0 rings (SSSR count). The van der Waals surface area contributed by atoms with Gasteiger partial charge in [0.2, 0.25) is 0 Å². The second-order valence-corrected chi connectivity index (χ2v) is 3.42. The number of Topliss-reactive ketones (excluding diaryl/α,β-unsaturated/α-hetero) is 1. The minimum Gasteiger partial charge on any atom is -0.394 e. The van der Waals surface area contributed by atoms with Gasteiger partial charge in [0.25, 0.3) is 0 Å². The quantitative estimate of drug-likeness (QED) is 0.562. The summed E-state index contributed by atoms with van der Waals surface area (Å²) in [5.41, 5.74) is 5.36. The molecular weight excluding hydrogens is 166 g/mol. The Labute approximate surface area is 80.3 Å². The van der Waals surface area contributed by atoms with Crippen LogP contribution >= 0.6 is 0 Å². The smallest absolute Gasteiger partial charge is 0.151 e. The van der Waals surface area contributed by atoms with E-state index in [1.165, 1.54) is 19.3 Å². The number of aliphatic hydroxyl groups is 1. The lowest BCUT2D eigenvalue weighted by Crippen LogP contribution is -2.33. The molecule has 0 aliphatic carbocycles. The highest BCUT2D eigenvalue weighted by atomic mass is 16.3. The zero-order chi connectivity index (χ0) is 10.1. The Bertz CT molecular complexity index is 137. The number of hydrogen-bond donors (Lipinski definition) is 2. The van der Waals surface area contributed by atoms with Gasteiger partial charge in [-0.2, -0.15) is 0 Å². The molecule has 0 saturated heterocycles. The van der Waals surface area contributed by atoms with Crippen LogP contribution in [0.1, 0.15) is 45.4 Å². The first-order valence-electron chi connectivity index (χ1n) is 5.11. The van der Waals surface area contributed by atoms with Crippen LogP contribution in [-0.2, 0) is 4.79 Å². The van der Waals surface area contributed by atoms with Crippen molar-refractivity contribution >= 4 is 5.78 Å². The number of carbonyl (C=O) groups is 1. The molecule has 78 valence electrons. The first-order valence-corrected chi connectivity index (χ1v) is 5.11. The maximum Gasteiger partial charge on any atom is 0.151 e. The Morgan fingerprint density at radius 2 is 1.92 bits per heavy atom. The van der Waals surface area contributed by atoms with Gasteiger partial charge < -0.3 is 10.8 Å². The summed E-state index contributed by atoms with van der Waals surface area (Å²) in [6, 6.07) is -0.661. The van der Waals surface area contributed by atoms with Crippen LogP contribution in [-0.4, -0.2) is 23.5 Å². The molecule has 0 aromatic heterocycles. The Morgan fingerprint density at radius 1 is 1.31 bits per heavy atom. The van der Waals surface area contributed by atoms with Crippen molar-refractivity contribution < 1.29 is 9.90 Å². The Kier molecular flexibility index (Phi) is 7.94. The fraction of sp³-hybridized carbons (Fsp3) is 0.900. The van der Waals surface area contributed by atoms with Crippen molar-refractivity contribution in [3.8, 4) is 0 Å². The van der Waals surface area contributed by atoms with E-state index in [0.29, 0.717) is 6.42 Å². The monoisotopic (exact) mass is 187 g/mol. The van der Waals surface area contributed by atoms with Gasteiger partial charge >= 0.3 is 0 Å². The molecule has 0 fully saturated rings. The molecule has 0 heterocycles. The van der Waals surface area contributed by atoms with E-state index < -0.39 is 6.04 Å². The summed E-state index contributed by atoms with van der Waals surface area (Å²) < 4.78 is 0. The summed E-state index contributed by atoms with van der Waals surface area (Å²) in [5.74, 6) is -0.0148. The summed E-state index contributed by atoms with van der Waals surface area (Å²) >= 11 is 0. The van der Waals surface area contributed by atoms with Gasteiger partial charge in [0, 0.05) is 6.42 Å². The van der Waals surface area contributed by atoms with Gasteiger partial charge in [-0.25, -0.2) is 0 Å². The van der Waals surface area contributed by atoms with Gasteiger partial charge in [-0.15, -0.1) is 0 Å². The molecule has 0 aliphatic rings. The molecule has 0 amide bonds. The van der Waals surface area contributed by atoms with Gasteiger partial charge in [0.1, 0.15) is 0 Å². The van der Waals surface area contributed by atoms with Crippen LogP contribution in [0.5, 0.6) is 0 Å². The molecule has 0 spiro atoms. The molecule has 3 heteroatoms. The molecule has 0 bridgehead atoms. The Balaban J connectivity index is 3.27. The van der Waals surface area contributed by atoms with Crippen LogP contribution < -0.4 is 5.73 Å². The number of carbonyl (C=O) groups excluding carboxylic acids is 1. The van der Waals surface area contributed by atoms with Crippen molar-refractivity contribution in [2.45, 2.75) is 51.5 Å². The van der Waals surface area contributed by atoms with E-state index in [9.17, 15) is 4.79 Å². The lowest BCUT2D eigenvalue weighted by molar-refractivity contribution is -0.121. The predicted octanol–water partition coefficient (Wildman–Crippen LogP) is 1.24. The zero-order valence-electron chi connectivity index (χ0n) is 8.46. The highest BCUT2D eigenvalue weighted by Crippen LogP contribution is 2.05. The van der Waals surface area contributed by atoms with E-state index in [1.54, 1.807) is 0 Å². The van der Waals surface area contributed by atoms with Gasteiger partial charge in [0.15, 0.2) is 5.78 Å². The van der Waals surface area contributed by atoms with Crippen molar-refractivity contribution in [2.75, 3.05) is 6.61 Å². The van der Waals surface area contributed by atoms with Crippen LogP contribution in [0.3, 0.4) is 0 Å². The maximum absolute atomic E-state index is 11.1. The van der Waals surface area contributed by atoms with Crippen LogP contribution in [0, 0.1) is 0 Å². The van der Waals surface area contributed by atoms with E-state index in [2.05, 4.69) is 6.92 Å². The van der Waals surface area contributed by atoms with Crippen LogP contribution in [0.25, 0.3) is 0 Å². The fourth-order valence-electron chi connectivity index (χ4n) is 1.19. The number of rotatable bonds is 8. The Hall–Kier alpha value is -0.410.